The second-order valence-electron chi connectivity index (χ2n) is 13.6. The maximum atomic E-state index is 12.1. The van der Waals surface area contributed by atoms with Crippen molar-refractivity contribution in [1.29, 1.82) is 0 Å². The highest BCUT2D eigenvalue weighted by Crippen LogP contribution is 2.29. The predicted molar refractivity (Wildman–Crippen MR) is 172 cm³/mol. The lowest BCUT2D eigenvalue weighted by atomic mass is 9.98. The average molecular weight is 577 g/mol. The first-order chi connectivity index (χ1) is 20.2. The Bertz CT molecular complexity index is 568. The standard InChI is InChI=1S/C37H68O4/c1-40-36(29-11-7-3-2-6-10-27-35(38)28-19-18-25-33-21-14-15-22-33)30-12-8-4-5-9-13-31-37(39)41-32-20-26-34-23-16-17-24-34/h33-34,36H,2-32H2,1H3. The van der Waals surface area contributed by atoms with Crippen molar-refractivity contribution in [3.8, 4) is 0 Å². The van der Waals surface area contributed by atoms with Crippen LogP contribution in [0.15, 0.2) is 0 Å². The van der Waals surface area contributed by atoms with Gasteiger partial charge in [-0.3, -0.25) is 9.59 Å². The van der Waals surface area contributed by atoms with Crippen LogP contribution in [0.1, 0.15) is 193 Å². The maximum Gasteiger partial charge on any atom is 0.305 e. The zero-order valence-electron chi connectivity index (χ0n) is 27.3. The molecular weight excluding hydrogens is 508 g/mol. The average Bonchev–Trinajstić information content (AvgIpc) is 3.70. The van der Waals surface area contributed by atoms with Crippen LogP contribution in [0.3, 0.4) is 0 Å². The van der Waals surface area contributed by atoms with Crippen LogP contribution in [-0.2, 0) is 19.1 Å². The van der Waals surface area contributed by atoms with Crippen LogP contribution in [0.4, 0.5) is 0 Å². The van der Waals surface area contributed by atoms with Gasteiger partial charge >= 0.3 is 5.97 Å². The van der Waals surface area contributed by atoms with Gasteiger partial charge < -0.3 is 9.47 Å². The molecule has 4 heteroatoms. The molecule has 0 aromatic heterocycles. The minimum atomic E-state index is 0.00428. The fraction of sp³-hybridized carbons (Fsp3) is 0.946. The Kier molecular flexibility index (Phi) is 22.6. The summed E-state index contributed by atoms with van der Waals surface area (Å²) in [5.41, 5.74) is 0. The highest BCUT2D eigenvalue weighted by atomic mass is 16.5. The van der Waals surface area contributed by atoms with Crippen molar-refractivity contribution in [1.82, 2.24) is 0 Å². The highest BCUT2D eigenvalue weighted by Gasteiger charge is 2.15. The van der Waals surface area contributed by atoms with E-state index in [9.17, 15) is 9.59 Å². The fourth-order valence-electron chi connectivity index (χ4n) is 7.24. The molecule has 0 bridgehead atoms. The molecule has 0 aromatic carbocycles. The first kappa shape index (κ1) is 36.3. The zero-order valence-corrected chi connectivity index (χ0v) is 27.3. The molecule has 240 valence electrons. The Labute approximate surface area is 254 Å². The van der Waals surface area contributed by atoms with Crippen molar-refractivity contribution < 1.29 is 19.1 Å². The van der Waals surface area contributed by atoms with E-state index in [1.54, 1.807) is 0 Å². The smallest absolute Gasteiger partial charge is 0.305 e. The van der Waals surface area contributed by atoms with Gasteiger partial charge in [-0.05, 0) is 56.8 Å². The number of ether oxygens (including phenoxy) is 2. The predicted octanol–water partition coefficient (Wildman–Crippen LogP) is 11.1. The first-order valence-corrected chi connectivity index (χ1v) is 18.4. The van der Waals surface area contributed by atoms with E-state index in [0.29, 0.717) is 24.9 Å². The first-order valence-electron chi connectivity index (χ1n) is 18.4. The molecule has 0 spiro atoms. The van der Waals surface area contributed by atoms with Gasteiger partial charge in [0.05, 0.1) is 12.7 Å². The third kappa shape index (κ3) is 20.6. The van der Waals surface area contributed by atoms with Crippen LogP contribution in [0, 0.1) is 11.8 Å². The summed E-state index contributed by atoms with van der Waals surface area (Å²) >= 11 is 0. The van der Waals surface area contributed by atoms with E-state index in [1.807, 2.05) is 7.11 Å². The number of carbonyl (C=O) groups is 2. The minimum absolute atomic E-state index is 0.00428. The van der Waals surface area contributed by atoms with Gasteiger partial charge in [-0.2, -0.15) is 0 Å². The van der Waals surface area contributed by atoms with Gasteiger partial charge in [0, 0.05) is 26.4 Å². The van der Waals surface area contributed by atoms with Crippen molar-refractivity contribution in [3.05, 3.63) is 0 Å². The van der Waals surface area contributed by atoms with E-state index >= 15 is 0 Å². The van der Waals surface area contributed by atoms with Crippen LogP contribution in [0.5, 0.6) is 0 Å². The molecule has 0 aliphatic heterocycles. The van der Waals surface area contributed by atoms with Crippen LogP contribution in [0.25, 0.3) is 0 Å². The van der Waals surface area contributed by atoms with E-state index in [0.717, 1.165) is 56.8 Å². The van der Waals surface area contributed by atoms with E-state index in [1.165, 1.54) is 141 Å². The van der Waals surface area contributed by atoms with Gasteiger partial charge in [0.25, 0.3) is 0 Å². The molecule has 0 aromatic rings. The zero-order chi connectivity index (χ0) is 29.2. The number of esters is 1. The summed E-state index contributed by atoms with van der Waals surface area (Å²) < 4.78 is 11.2. The summed E-state index contributed by atoms with van der Waals surface area (Å²) in [6, 6.07) is 0. The van der Waals surface area contributed by atoms with E-state index in [4.69, 9.17) is 9.47 Å². The summed E-state index contributed by atoms with van der Waals surface area (Å²) in [6.45, 7) is 0.623. The molecule has 0 radical (unpaired) electrons. The molecule has 4 nitrogen and oxygen atoms in total. The number of carbonyl (C=O) groups excluding carboxylic acids is 2. The normalized spacial score (nSPS) is 16.9. The number of unbranched alkanes of at least 4 members (excludes halogenated alkanes) is 11. The molecule has 0 N–H and O–H groups in total. The lowest BCUT2D eigenvalue weighted by Gasteiger charge is -2.15. The Hall–Kier alpha value is -0.900. The molecule has 0 amide bonds. The summed E-state index contributed by atoms with van der Waals surface area (Å²) in [6.07, 6.45) is 36.8. The topological polar surface area (TPSA) is 52.6 Å². The van der Waals surface area contributed by atoms with Crippen molar-refractivity contribution in [3.63, 3.8) is 0 Å². The molecular formula is C37H68O4. The van der Waals surface area contributed by atoms with Crippen LogP contribution < -0.4 is 0 Å². The summed E-state index contributed by atoms with van der Waals surface area (Å²) in [5, 5.41) is 0. The van der Waals surface area contributed by atoms with Gasteiger partial charge in [0.15, 0.2) is 0 Å². The molecule has 41 heavy (non-hydrogen) atoms. The van der Waals surface area contributed by atoms with Crippen molar-refractivity contribution in [2.75, 3.05) is 13.7 Å². The number of ketones is 1. The highest BCUT2D eigenvalue weighted by molar-refractivity contribution is 5.78. The molecule has 1 unspecified atom stereocenters. The van der Waals surface area contributed by atoms with Gasteiger partial charge in [0.2, 0.25) is 0 Å². The lowest BCUT2D eigenvalue weighted by Crippen LogP contribution is -2.10. The van der Waals surface area contributed by atoms with Gasteiger partial charge in [-0.15, -0.1) is 0 Å². The quantitative estimate of drug-likeness (QED) is 0.0686. The molecule has 2 rings (SSSR count). The lowest BCUT2D eigenvalue weighted by molar-refractivity contribution is -0.144. The Balaban J connectivity index is 1.27. The second-order valence-corrected chi connectivity index (χ2v) is 13.6. The second kappa shape index (κ2) is 25.6. The number of methoxy groups -OCH3 is 1. The molecule has 2 saturated carbocycles. The largest absolute Gasteiger partial charge is 0.466 e. The van der Waals surface area contributed by atoms with E-state index in [-0.39, 0.29) is 5.97 Å². The molecule has 0 saturated heterocycles. The van der Waals surface area contributed by atoms with Crippen molar-refractivity contribution >= 4 is 11.8 Å². The van der Waals surface area contributed by atoms with Crippen LogP contribution >= 0.6 is 0 Å². The number of hydrogen-bond acceptors (Lipinski definition) is 4. The maximum absolute atomic E-state index is 12.1. The SMILES string of the molecule is COC(CCCCCCCCC(=O)CCCCC1CCCC1)CCCCCCCCC(=O)OCCCC1CCCC1. The minimum Gasteiger partial charge on any atom is -0.466 e. The van der Waals surface area contributed by atoms with Gasteiger partial charge in [-0.25, -0.2) is 0 Å². The molecule has 2 aliphatic rings. The van der Waals surface area contributed by atoms with Gasteiger partial charge in [0.1, 0.15) is 5.78 Å². The Morgan fingerprint density at radius 1 is 0.561 bits per heavy atom. The third-order valence-electron chi connectivity index (χ3n) is 10.0. The number of Topliss-reactive ketones (excluding diaryl/α,β-unsaturated/α-hetero) is 1. The number of hydrogen-bond donors (Lipinski definition) is 0. The molecule has 1 atom stereocenters. The van der Waals surface area contributed by atoms with Gasteiger partial charge in [-0.1, -0.05) is 128 Å². The summed E-state index contributed by atoms with van der Waals surface area (Å²) in [4.78, 5) is 24.0. The third-order valence-corrected chi connectivity index (χ3v) is 10.0. The Morgan fingerprint density at radius 2 is 1.00 bits per heavy atom. The molecule has 0 heterocycles. The van der Waals surface area contributed by atoms with E-state index in [2.05, 4.69) is 0 Å². The van der Waals surface area contributed by atoms with Crippen LogP contribution in [-0.4, -0.2) is 31.6 Å². The fourth-order valence-corrected chi connectivity index (χ4v) is 7.24. The Morgan fingerprint density at radius 3 is 1.54 bits per heavy atom. The summed E-state index contributed by atoms with van der Waals surface area (Å²) in [5.74, 6) is 2.36. The summed E-state index contributed by atoms with van der Waals surface area (Å²) in [7, 11) is 1.87. The molecule has 2 fully saturated rings. The van der Waals surface area contributed by atoms with Crippen molar-refractivity contribution in [2.24, 2.45) is 11.8 Å². The van der Waals surface area contributed by atoms with Crippen molar-refractivity contribution in [2.45, 2.75) is 199 Å². The number of rotatable bonds is 28. The van der Waals surface area contributed by atoms with Crippen LogP contribution in [0.2, 0.25) is 0 Å². The van der Waals surface area contributed by atoms with E-state index < -0.39 is 0 Å². The monoisotopic (exact) mass is 577 g/mol. The molecule has 2 aliphatic carbocycles.